The standard InChI is InChI=1S/C13H19N3O4/c17-10(8-16-11(18)6-7-12(16)19)15-13(20)14-9-4-2-1-3-5-9/h9H,1-8H2,(H2,14,15,17,20). The highest BCUT2D eigenvalue weighted by atomic mass is 16.2. The summed E-state index contributed by atoms with van der Waals surface area (Å²) in [5.41, 5.74) is 0. The molecule has 2 aliphatic rings. The molecule has 0 atom stereocenters. The van der Waals surface area contributed by atoms with Crippen LogP contribution < -0.4 is 10.6 Å². The van der Waals surface area contributed by atoms with Crippen molar-refractivity contribution in [3.63, 3.8) is 0 Å². The Morgan fingerprint density at radius 1 is 1.05 bits per heavy atom. The van der Waals surface area contributed by atoms with E-state index in [-0.39, 0.29) is 37.2 Å². The third kappa shape index (κ3) is 3.79. The molecule has 7 nitrogen and oxygen atoms in total. The van der Waals surface area contributed by atoms with E-state index < -0.39 is 11.9 Å². The molecule has 2 N–H and O–H groups in total. The second-order valence-electron chi connectivity index (χ2n) is 5.23. The molecule has 0 radical (unpaired) electrons. The smallest absolute Gasteiger partial charge is 0.321 e. The molecule has 0 spiro atoms. The Labute approximate surface area is 117 Å². The topological polar surface area (TPSA) is 95.6 Å². The summed E-state index contributed by atoms with van der Waals surface area (Å²) >= 11 is 0. The molecule has 0 aromatic rings. The van der Waals surface area contributed by atoms with E-state index in [2.05, 4.69) is 10.6 Å². The lowest BCUT2D eigenvalue weighted by Gasteiger charge is -2.22. The zero-order chi connectivity index (χ0) is 14.5. The van der Waals surface area contributed by atoms with Crippen LogP contribution in [0.25, 0.3) is 0 Å². The summed E-state index contributed by atoms with van der Waals surface area (Å²) < 4.78 is 0. The van der Waals surface area contributed by atoms with Gasteiger partial charge in [-0.2, -0.15) is 0 Å². The van der Waals surface area contributed by atoms with Crippen LogP contribution in [0.5, 0.6) is 0 Å². The lowest BCUT2D eigenvalue weighted by Crippen LogP contribution is -2.48. The van der Waals surface area contributed by atoms with Crippen LogP contribution in [0.1, 0.15) is 44.9 Å². The quantitative estimate of drug-likeness (QED) is 0.727. The van der Waals surface area contributed by atoms with Gasteiger partial charge in [-0.05, 0) is 12.8 Å². The molecule has 2 rings (SSSR count). The minimum absolute atomic E-state index is 0.103. The molecule has 5 amide bonds. The third-order valence-electron chi connectivity index (χ3n) is 3.65. The maximum absolute atomic E-state index is 11.6. The van der Waals surface area contributed by atoms with Crippen molar-refractivity contribution in [2.24, 2.45) is 0 Å². The SMILES string of the molecule is O=C(CN1C(=O)CCC1=O)NC(=O)NC1CCCCC1. The molecule has 1 aliphatic heterocycles. The first-order valence-electron chi connectivity index (χ1n) is 7.00. The van der Waals surface area contributed by atoms with Crippen LogP contribution in [0.2, 0.25) is 0 Å². The molecule has 110 valence electrons. The Bertz CT molecular complexity index is 413. The second-order valence-corrected chi connectivity index (χ2v) is 5.23. The van der Waals surface area contributed by atoms with Crippen molar-refractivity contribution >= 4 is 23.8 Å². The van der Waals surface area contributed by atoms with Crippen molar-refractivity contribution in [3.05, 3.63) is 0 Å². The van der Waals surface area contributed by atoms with Gasteiger partial charge in [-0.15, -0.1) is 0 Å². The Morgan fingerprint density at radius 3 is 2.25 bits per heavy atom. The highest BCUT2D eigenvalue weighted by molar-refractivity contribution is 6.06. The largest absolute Gasteiger partial charge is 0.335 e. The Kier molecular flexibility index (Phi) is 4.70. The van der Waals surface area contributed by atoms with Crippen molar-refractivity contribution in [1.29, 1.82) is 0 Å². The molecule has 1 heterocycles. The van der Waals surface area contributed by atoms with E-state index in [1.54, 1.807) is 0 Å². The van der Waals surface area contributed by atoms with Crippen LogP contribution in [0.15, 0.2) is 0 Å². The summed E-state index contributed by atoms with van der Waals surface area (Å²) in [7, 11) is 0. The summed E-state index contributed by atoms with van der Waals surface area (Å²) in [6.07, 6.45) is 5.46. The summed E-state index contributed by atoms with van der Waals surface area (Å²) in [6, 6.07) is -0.451. The van der Waals surface area contributed by atoms with Gasteiger partial charge < -0.3 is 5.32 Å². The van der Waals surface area contributed by atoms with Crippen molar-refractivity contribution in [3.8, 4) is 0 Å². The van der Waals surface area contributed by atoms with Gasteiger partial charge in [-0.25, -0.2) is 4.79 Å². The normalized spacial score (nSPS) is 20.1. The van der Waals surface area contributed by atoms with Crippen molar-refractivity contribution in [2.45, 2.75) is 51.0 Å². The van der Waals surface area contributed by atoms with Gasteiger partial charge in [0.25, 0.3) is 0 Å². The van der Waals surface area contributed by atoms with Gasteiger partial charge in [-0.1, -0.05) is 19.3 Å². The number of amides is 5. The van der Waals surface area contributed by atoms with E-state index in [0.29, 0.717) is 0 Å². The van der Waals surface area contributed by atoms with E-state index in [1.165, 1.54) is 6.42 Å². The first-order valence-corrected chi connectivity index (χ1v) is 7.00. The zero-order valence-corrected chi connectivity index (χ0v) is 11.3. The highest BCUT2D eigenvalue weighted by Gasteiger charge is 2.30. The molecule has 0 aromatic heterocycles. The average Bonchev–Trinajstić information content (AvgIpc) is 2.71. The monoisotopic (exact) mass is 281 g/mol. The number of imide groups is 2. The fourth-order valence-electron chi connectivity index (χ4n) is 2.58. The van der Waals surface area contributed by atoms with Crippen LogP contribution in [0.4, 0.5) is 4.79 Å². The molecule has 20 heavy (non-hydrogen) atoms. The first-order chi connectivity index (χ1) is 9.56. The Hall–Kier alpha value is -1.92. The number of hydrogen-bond donors (Lipinski definition) is 2. The maximum atomic E-state index is 11.6. The molecule has 1 saturated carbocycles. The summed E-state index contributed by atoms with van der Waals surface area (Å²) in [5, 5.41) is 4.90. The van der Waals surface area contributed by atoms with Gasteiger partial charge in [-0.3, -0.25) is 24.6 Å². The van der Waals surface area contributed by atoms with Crippen molar-refractivity contribution in [1.82, 2.24) is 15.5 Å². The van der Waals surface area contributed by atoms with E-state index in [4.69, 9.17) is 0 Å². The molecule has 0 unspecified atom stereocenters. The van der Waals surface area contributed by atoms with Crippen LogP contribution in [0, 0.1) is 0 Å². The lowest BCUT2D eigenvalue weighted by molar-refractivity contribution is -0.142. The average molecular weight is 281 g/mol. The number of rotatable bonds is 3. The number of likely N-dealkylation sites (tertiary alicyclic amines) is 1. The fourth-order valence-corrected chi connectivity index (χ4v) is 2.58. The molecule has 0 aromatic carbocycles. The molecule has 2 fully saturated rings. The van der Waals surface area contributed by atoms with Crippen LogP contribution in [-0.4, -0.2) is 41.2 Å². The Balaban J connectivity index is 1.74. The molecular formula is C13H19N3O4. The van der Waals surface area contributed by atoms with E-state index in [9.17, 15) is 19.2 Å². The Morgan fingerprint density at radius 2 is 1.65 bits per heavy atom. The number of nitrogens with zero attached hydrogens (tertiary/aromatic N) is 1. The fraction of sp³-hybridized carbons (Fsp3) is 0.692. The molecule has 0 bridgehead atoms. The minimum Gasteiger partial charge on any atom is -0.335 e. The van der Waals surface area contributed by atoms with Crippen molar-refractivity contribution in [2.75, 3.05) is 6.54 Å². The predicted octanol–water partition coefficient (Wildman–Crippen LogP) is 0.294. The van der Waals surface area contributed by atoms with Crippen LogP contribution in [0.3, 0.4) is 0 Å². The first kappa shape index (κ1) is 14.5. The number of hydrogen-bond acceptors (Lipinski definition) is 4. The van der Waals surface area contributed by atoms with E-state index in [0.717, 1.165) is 30.6 Å². The van der Waals surface area contributed by atoms with Gasteiger partial charge in [0.2, 0.25) is 17.7 Å². The number of carbonyl (C=O) groups excluding carboxylic acids is 4. The summed E-state index contributed by atoms with van der Waals surface area (Å²) in [5.74, 6) is -1.36. The van der Waals surface area contributed by atoms with E-state index in [1.807, 2.05) is 0 Å². The summed E-state index contributed by atoms with van der Waals surface area (Å²) in [4.78, 5) is 46.8. The zero-order valence-electron chi connectivity index (χ0n) is 11.3. The minimum atomic E-state index is -0.637. The van der Waals surface area contributed by atoms with Gasteiger partial charge >= 0.3 is 6.03 Å². The van der Waals surface area contributed by atoms with Gasteiger partial charge in [0, 0.05) is 18.9 Å². The lowest BCUT2D eigenvalue weighted by atomic mass is 9.96. The van der Waals surface area contributed by atoms with Gasteiger partial charge in [0.05, 0.1) is 0 Å². The molecule has 1 saturated heterocycles. The van der Waals surface area contributed by atoms with Gasteiger partial charge in [0.1, 0.15) is 6.54 Å². The molecular weight excluding hydrogens is 262 g/mol. The third-order valence-corrected chi connectivity index (χ3v) is 3.65. The maximum Gasteiger partial charge on any atom is 0.321 e. The number of carbonyl (C=O) groups is 4. The van der Waals surface area contributed by atoms with Crippen LogP contribution in [-0.2, 0) is 14.4 Å². The van der Waals surface area contributed by atoms with Crippen LogP contribution >= 0.6 is 0 Å². The number of urea groups is 1. The van der Waals surface area contributed by atoms with Gasteiger partial charge in [0.15, 0.2) is 0 Å². The highest BCUT2D eigenvalue weighted by Crippen LogP contribution is 2.17. The predicted molar refractivity (Wildman–Crippen MR) is 69.5 cm³/mol. The van der Waals surface area contributed by atoms with E-state index >= 15 is 0 Å². The summed E-state index contributed by atoms with van der Waals surface area (Å²) in [6.45, 7) is -0.379. The number of nitrogens with one attached hydrogen (secondary N) is 2. The second kappa shape index (κ2) is 6.49. The molecule has 1 aliphatic carbocycles. The molecule has 7 heteroatoms. The van der Waals surface area contributed by atoms with Crippen molar-refractivity contribution < 1.29 is 19.2 Å².